The molecule has 1 fully saturated rings. The zero-order chi connectivity index (χ0) is 19.3. The molecule has 0 bridgehead atoms. The number of hydrogen-bond donors (Lipinski definition) is 2. The minimum absolute atomic E-state index is 0.0714. The average Bonchev–Trinajstić information content (AvgIpc) is 3.17. The van der Waals surface area contributed by atoms with Crippen molar-refractivity contribution in [2.45, 2.75) is 12.5 Å². The molecule has 0 spiro atoms. The number of aromatic nitrogens is 1. The van der Waals surface area contributed by atoms with Crippen molar-refractivity contribution in [3.63, 3.8) is 0 Å². The number of carbonyl (C=O) groups excluding carboxylic acids is 2. The second-order valence-corrected chi connectivity index (χ2v) is 6.89. The molecule has 3 aromatic rings. The van der Waals surface area contributed by atoms with Crippen LogP contribution in [0.15, 0.2) is 60.8 Å². The summed E-state index contributed by atoms with van der Waals surface area (Å²) in [7, 11) is 0. The molecule has 4 rings (SSSR count). The predicted octanol–water partition coefficient (Wildman–Crippen LogP) is 2.37. The number of nitrogens with one attached hydrogen (secondary N) is 2. The molecule has 2 N–H and O–H groups in total. The molecule has 1 aliphatic heterocycles. The van der Waals surface area contributed by atoms with E-state index in [0.717, 1.165) is 16.5 Å². The molecule has 28 heavy (non-hydrogen) atoms. The van der Waals surface area contributed by atoms with Crippen LogP contribution >= 0.6 is 0 Å². The van der Waals surface area contributed by atoms with E-state index in [1.165, 1.54) is 0 Å². The third kappa shape index (κ3) is 3.92. The number of rotatable bonds is 5. The quantitative estimate of drug-likeness (QED) is 0.717. The van der Waals surface area contributed by atoms with Gasteiger partial charge in [0.2, 0.25) is 5.91 Å². The average molecular weight is 377 g/mol. The molecule has 2 heterocycles. The standard InChI is InChI=1S/C22H23N3O3/c26-21(16-6-2-1-3-7-16)24-20(22(27)25-10-12-28-13-11-25)14-17-15-23-19-9-5-4-8-18(17)19/h1-9,15,20,23H,10-14H2,(H,24,26)/t20-/m0/s1. The summed E-state index contributed by atoms with van der Waals surface area (Å²) in [6, 6.07) is 16.3. The SMILES string of the molecule is O=C(N[C@@H](Cc1c[nH]c2ccccc12)C(=O)N1CCOCC1)c1ccccc1. The summed E-state index contributed by atoms with van der Waals surface area (Å²) in [5.74, 6) is -0.315. The first-order valence-corrected chi connectivity index (χ1v) is 9.50. The maximum atomic E-state index is 13.2. The van der Waals surface area contributed by atoms with Crippen LogP contribution in [0, 0.1) is 0 Å². The van der Waals surface area contributed by atoms with Crippen LogP contribution in [0.4, 0.5) is 0 Å². The zero-order valence-electron chi connectivity index (χ0n) is 15.6. The topological polar surface area (TPSA) is 74.4 Å². The molecule has 2 amide bonds. The van der Waals surface area contributed by atoms with Gasteiger partial charge in [-0.1, -0.05) is 36.4 Å². The molecule has 2 aromatic carbocycles. The number of H-pyrrole nitrogens is 1. The molecule has 144 valence electrons. The minimum atomic E-state index is -0.634. The lowest BCUT2D eigenvalue weighted by molar-refractivity contribution is -0.137. The summed E-state index contributed by atoms with van der Waals surface area (Å²) in [6.45, 7) is 2.14. The zero-order valence-corrected chi connectivity index (χ0v) is 15.6. The van der Waals surface area contributed by atoms with Crippen molar-refractivity contribution in [1.82, 2.24) is 15.2 Å². The third-order valence-electron chi connectivity index (χ3n) is 5.06. The number of morpholine rings is 1. The summed E-state index contributed by atoms with van der Waals surface area (Å²) in [5.41, 5.74) is 2.57. The predicted molar refractivity (Wildman–Crippen MR) is 107 cm³/mol. The molecule has 0 saturated carbocycles. The number of amides is 2. The first-order valence-electron chi connectivity index (χ1n) is 9.50. The van der Waals surface area contributed by atoms with Crippen LogP contribution in [0.2, 0.25) is 0 Å². The van der Waals surface area contributed by atoms with E-state index in [9.17, 15) is 9.59 Å². The van der Waals surface area contributed by atoms with Gasteiger partial charge in [0.25, 0.3) is 5.91 Å². The van der Waals surface area contributed by atoms with Gasteiger partial charge >= 0.3 is 0 Å². The van der Waals surface area contributed by atoms with Gasteiger partial charge < -0.3 is 19.9 Å². The van der Waals surface area contributed by atoms with Crippen molar-refractivity contribution in [2.75, 3.05) is 26.3 Å². The van der Waals surface area contributed by atoms with Gasteiger partial charge in [0.15, 0.2) is 0 Å². The van der Waals surface area contributed by atoms with Crippen LogP contribution in [-0.4, -0.2) is 54.0 Å². The summed E-state index contributed by atoms with van der Waals surface area (Å²) in [6.07, 6.45) is 2.34. The normalized spacial score (nSPS) is 15.4. The molecule has 0 radical (unpaired) electrons. The van der Waals surface area contributed by atoms with Gasteiger partial charge in [-0.2, -0.15) is 0 Å². The lowest BCUT2D eigenvalue weighted by atomic mass is 10.0. The van der Waals surface area contributed by atoms with Crippen molar-refractivity contribution in [1.29, 1.82) is 0 Å². The van der Waals surface area contributed by atoms with E-state index >= 15 is 0 Å². The third-order valence-corrected chi connectivity index (χ3v) is 5.06. The van der Waals surface area contributed by atoms with Crippen LogP contribution in [0.5, 0.6) is 0 Å². The van der Waals surface area contributed by atoms with Crippen LogP contribution in [0.3, 0.4) is 0 Å². The second kappa shape index (κ2) is 8.27. The van der Waals surface area contributed by atoms with Gasteiger partial charge in [-0.25, -0.2) is 0 Å². The van der Waals surface area contributed by atoms with Crippen molar-refractivity contribution >= 4 is 22.7 Å². The Morgan fingerprint density at radius 1 is 1.04 bits per heavy atom. The van der Waals surface area contributed by atoms with Crippen LogP contribution in [0.1, 0.15) is 15.9 Å². The van der Waals surface area contributed by atoms with Crippen LogP contribution in [-0.2, 0) is 16.0 Å². The Bertz CT molecular complexity index is 961. The molecule has 1 atom stereocenters. The Morgan fingerprint density at radius 3 is 2.54 bits per heavy atom. The van der Waals surface area contributed by atoms with Gasteiger partial charge in [0.05, 0.1) is 13.2 Å². The fraction of sp³-hybridized carbons (Fsp3) is 0.273. The number of aromatic amines is 1. The maximum Gasteiger partial charge on any atom is 0.251 e. The Morgan fingerprint density at radius 2 is 1.75 bits per heavy atom. The van der Waals surface area contributed by atoms with Crippen LogP contribution in [0.25, 0.3) is 10.9 Å². The second-order valence-electron chi connectivity index (χ2n) is 6.89. The first kappa shape index (κ1) is 18.3. The van der Waals surface area contributed by atoms with E-state index in [1.54, 1.807) is 17.0 Å². The number of carbonyl (C=O) groups is 2. The highest BCUT2D eigenvalue weighted by Crippen LogP contribution is 2.20. The molecular weight excluding hydrogens is 354 g/mol. The van der Waals surface area contributed by atoms with E-state index in [-0.39, 0.29) is 11.8 Å². The Hall–Kier alpha value is -3.12. The van der Waals surface area contributed by atoms with Crippen molar-refractivity contribution in [3.8, 4) is 0 Å². The maximum absolute atomic E-state index is 13.2. The lowest BCUT2D eigenvalue weighted by Gasteiger charge is -2.30. The van der Waals surface area contributed by atoms with Gasteiger partial charge in [-0.3, -0.25) is 9.59 Å². The molecule has 1 saturated heterocycles. The lowest BCUT2D eigenvalue weighted by Crippen LogP contribution is -2.52. The number of nitrogens with zero attached hydrogens (tertiary/aromatic N) is 1. The molecule has 1 aromatic heterocycles. The number of benzene rings is 2. The largest absolute Gasteiger partial charge is 0.378 e. The highest BCUT2D eigenvalue weighted by molar-refractivity contribution is 5.98. The molecule has 0 aliphatic carbocycles. The van der Waals surface area contributed by atoms with E-state index in [4.69, 9.17) is 4.74 Å². The van der Waals surface area contributed by atoms with Gasteiger partial charge in [0, 0.05) is 42.2 Å². The summed E-state index contributed by atoms with van der Waals surface area (Å²) < 4.78 is 5.36. The number of ether oxygens (including phenoxy) is 1. The molecular formula is C22H23N3O3. The highest BCUT2D eigenvalue weighted by atomic mass is 16.5. The summed E-state index contributed by atoms with van der Waals surface area (Å²) in [5, 5.41) is 4.01. The Kier molecular flexibility index (Phi) is 5.39. The summed E-state index contributed by atoms with van der Waals surface area (Å²) in [4.78, 5) is 30.9. The number of hydrogen-bond acceptors (Lipinski definition) is 3. The Balaban J connectivity index is 1.58. The molecule has 6 heteroatoms. The molecule has 6 nitrogen and oxygen atoms in total. The fourth-order valence-corrected chi connectivity index (χ4v) is 3.56. The van der Waals surface area contributed by atoms with Gasteiger partial charge in [0.1, 0.15) is 6.04 Å². The van der Waals surface area contributed by atoms with Gasteiger partial charge in [-0.05, 0) is 23.8 Å². The molecule has 0 unspecified atom stereocenters. The van der Waals surface area contributed by atoms with Crippen molar-refractivity contribution in [2.24, 2.45) is 0 Å². The minimum Gasteiger partial charge on any atom is -0.378 e. The number of para-hydroxylation sites is 1. The smallest absolute Gasteiger partial charge is 0.251 e. The highest BCUT2D eigenvalue weighted by Gasteiger charge is 2.28. The monoisotopic (exact) mass is 377 g/mol. The van der Waals surface area contributed by atoms with E-state index in [1.807, 2.05) is 48.7 Å². The van der Waals surface area contributed by atoms with E-state index in [0.29, 0.717) is 38.3 Å². The van der Waals surface area contributed by atoms with E-state index in [2.05, 4.69) is 10.3 Å². The summed E-state index contributed by atoms with van der Waals surface area (Å²) >= 11 is 0. The fourth-order valence-electron chi connectivity index (χ4n) is 3.56. The Labute approximate surface area is 163 Å². The van der Waals surface area contributed by atoms with Crippen molar-refractivity contribution in [3.05, 3.63) is 71.9 Å². The van der Waals surface area contributed by atoms with Gasteiger partial charge in [-0.15, -0.1) is 0 Å². The first-order chi connectivity index (χ1) is 13.7. The van der Waals surface area contributed by atoms with E-state index < -0.39 is 6.04 Å². The number of fused-ring (bicyclic) bond motifs is 1. The van der Waals surface area contributed by atoms with Crippen molar-refractivity contribution < 1.29 is 14.3 Å². The molecule has 1 aliphatic rings. The van der Waals surface area contributed by atoms with Crippen LogP contribution < -0.4 is 5.32 Å².